The van der Waals surface area contributed by atoms with Crippen LogP contribution < -0.4 is 5.32 Å². The molecule has 0 spiro atoms. The smallest absolute Gasteiger partial charge is 0.335 e. The van der Waals surface area contributed by atoms with Gasteiger partial charge in [0.25, 0.3) is 5.91 Å². The van der Waals surface area contributed by atoms with E-state index in [0.29, 0.717) is 12.1 Å². The maximum absolute atomic E-state index is 13.8. The third-order valence-corrected chi connectivity index (χ3v) is 7.44. The number of hydrogen-bond acceptors (Lipinski definition) is 2. The number of aromatic carboxylic acids is 1. The lowest BCUT2D eigenvalue weighted by Crippen LogP contribution is -2.28. The van der Waals surface area contributed by atoms with E-state index in [2.05, 4.69) is 35.6 Å². The number of hydrogen-bond donors (Lipinski definition) is 2. The normalized spacial score (nSPS) is 12.0. The fraction of sp³-hybridized carbons (Fsp3) is 0.0857. The van der Waals surface area contributed by atoms with Gasteiger partial charge in [-0.05, 0) is 88.5 Å². The van der Waals surface area contributed by atoms with Crippen LogP contribution in [-0.4, -0.2) is 21.4 Å². The number of aromatic nitrogens is 1. The number of nitrogens with one attached hydrogen (secondary N) is 1. The first-order chi connectivity index (χ1) is 19.9. The summed E-state index contributed by atoms with van der Waals surface area (Å²) in [6.07, 6.45) is 0.626. The molecule has 5 nitrogen and oxygen atoms in total. The van der Waals surface area contributed by atoms with E-state index in [1.165, 1.54) is 29.7 Å². The van der Waals surface area contributed by atoms with Crippen LogP contribution in [0.25, 0.3) is 27.4 Å². The van der Waals surface area contributed by atoms with E-state index in [9.17, 15) is 19.1 Å². The summed E-state index contributed by atoms with van der Waals surface area (Å²) in [5, 5.41) is 14.6. The minimum Gasteiger partial charge on any atom is -0.478 e. The minimum absolute atomic E-state index is 0.187. The van der Waals surface area contributed by atoms with E-state index in [1.807, 2.05) is 47.7 Å². The fourth-order valence-corrected chi connectivity index (χ4v) is 5.26. The Morgan fingerprint density at radius 2 is 1.54 bits per heavy atom. The van der Waals surface area contributed by atoms with Crippen molar-refractivity contribution in [3.05, 3.63) is 149 Å². The zero-order valence-corrected chi connectivity index (χ0v) is 22.3. The molecule has 0 aliphatic rings. The monoisotopic (exact) mass is 542 g/mol. The summed E-state index contributed by atoms with van der Waals surface area (Å²) in [5.74, 6) is -1.60. The highest BCUT2D eigenvalue weighted by Crippen LogP contribution is 2.27. The first kappa shape index (κ1) is 26.0. The van der Waals surface area contributed by atoms with Crippen molar-refractivity contribution < 1.29 is 19.1 Å². The summed E-state index contributed by atoms with van der Waals surface area (Å²) in [7, 11) is 0. The molecule has 1 atom stereocenters. The lowest BCUT2D eigenvalue weighted by Gasteiger charge is -2.18. The molecule has 6 rings (SSSR count). The molecule has 0 saturated heterocycles. The third-order valence-electron chi connectivity index (χ3n) is 7.44. The summed E-state index contributed by atoms with van der Waals surface area (Å²) in [6.45, 7) is 1.86. The first-order valence-corrected chi connectivity index (χ1v) is 13.4. The number of carbonyl (C=O) groups is 2. The largest absolute Gasteiger partial charge is 0.478 e. The van der Waals surface area contributed by atoms with Gasteiger partial charge in [-0.3, -0.25) is 4.79 Å². The first-order valence-electron chi connectivity index (χ1n) is 13.4. The second-order valence-corrected chi connectivity index (χ2v) is 10.2. The highest BCUT2D eigenvalue weighted by Gasteiger charge is 2.19. The van der Waals surface area contributed by atoms with Crippen molar-refractivity contribution in [2.45, 2.75) is 19.4 Å². The molecule has 2 heterocycles. The van der Waals surface area contributed by atoms with E-state index < -0.39 is 5.97 Å². The molecule has 2 N–H and O–H groups in total. The summed E-state index contributed by atoms with van der Waals surface area (Å²) in [5.41, 5.74) is 5.98. The van der Waals surface area contributed by atoms with Crippen molar-refractivity contribution in [1.29, 1.82) is 0 Å². The molecule has 0 bridgehead atoms. The Balaban J connectivity index is 1.39. The van der Waals surface area contributed by atoms with Crippen LogP contribution in [0.4, 0.5) is 4.39 Å². The Bertz CT molecular complexity index is 1910. The fourth-order valence-electron chi connectivity index (χ4n) is 5.26. The van der Waals surface area contributed by atoms with Gasteiger partial charge in [0.2, 0.25) is 0 Å². The van der Waals surface area contributed by atoms with E-state index in [-0.39, 0.29) is 23.3 Å². The van der Waals surface area contributed by atoms with Crippen LogP contribution in [0.3, 0.4) is 0 Å². The Morgan fingerprint density at radius 1 is 0.805 bits per heavy atom. The molecule has 0 radical (unpaired) electrons. The van der Waals surface area contributed by atoms with Crippen LogP contribution in [0.15, 0.2) is 115 Å². The second kappa shape index (κ2) is 10.7. The topological polar surface area (TPSA) is 70.8 Å². The van der Waals surface area contributed by atoms with E-state index in [4.69, 9.17) is 0 Å². The Labute approximate surface area is 236 Å². The van der Waals surface area contributed by atoms with Gasteiger partial charge in [-0.15, -0.1) is 0 Å². The van der Waals surface area contributed by atoms with Crippen LogP contribution >= 0.6 is 0 Å². The molecule has 1 amide bonds. The van der Waals surface area contributed by atoms with Gasteiger partial charge < -0.3 is 14.8 Å². The second-order valence-electron chi connectivity index (χ2n) is 10.2. The quantitative estimate of drug-likeness (QED) is 0.217. The maximum Gasteiger partial charge on any atom is 0.335 e. The number of carboxylic acids is 1. The molecular formula is C35H27FN2O3. The van der Waals surface area contributed by atoms with Gasteiger partial charge in [0.05, 0.1) is 11.6 Å². The highest BCUT2D eigenvalue weighted by atomic mass is 19.1. The molecular weight excluding hydrogens is 515 g/mol. The Morgan fingerprint density at radius 3 is 2.27 bits per heavy atom. The van der Waals surface area contributed by atoms with E-state index >= 15 is 0 Å². The highest BCUT2D eigenvalue weighted by molar-refractivity contribution is 5.96. The third kappa shape index (κ3) is 5.32. The van der Waals surface area contributed by atoms with Crippen LogP contribution in [0.1, 0.15) is 50.6 Å². The maximum atomic E-state index is 13.8. The van der Waals surface area contributed by atoms with E-state index in [1.54, 1.807) is 24.3 Å². The van der Waals surface area contributed by atoms with Crippen molar-refractivity contribution in [1.82, 2.24) is 9.72 Å². The number of rotatable bonds is 7. The molecule has 41 heavy (non-hydrogen) atoms. The molecule has 0 aliphatic heterocycles. The van der Waals surface area contributed by atoms with Crippen molar-refractivity contribution in [3.8, 4) is 11.1 Å². The predicted octanol–water partition coefficient (Wildman–Crippen LogP) is 7.68. The van der Waals surface area contributed by atoms with Crippen LogP contribution in [0.5, 0.6) is 0 Å². The molecule has 0 fully saturated rings. The van der Waals surface area contributed by atoms with Gasteiger partial charge in [0, 0.05) is 17.6 Å². The zero-order chi connectivity index (χ0) is 28.5. The number of amides is 1. The van der Waals surface area contributed by atoms with Crippen molar-refractivity contribution in [2.24, 2.45) is 0 Å². The number of nitrogens with zero attached hydrogens (tertiary/aromatic N) is 1. The summed E-state index contributed by atoms with van der Waals surface area (Å²) < 4.78 is 15.6. The van der Waals surface area contributed by atoms with Gasteiger partial charge in [-0.2, -0.15) is 0 Å². The molecule has 6 heteroatoms. The number of carbonyl (C=O) groups excluding carboxylic acids is 1. The SMILES string of the molecule is C[C@H](NC(=O)c1cc(-c2ccc(F)cc2)cc2ccc(Cc3ccc4ccccc4c3)n12)c1ccc(C(=O)O)cc1. The molecule has 4 aromatic carbocycles. The summed E-state index contributed by atoms with van der Waals surface area (Å²) in [4.78, 5) is 25.1. The van der Waals surface area contributed by atoms with E-state index in [0.717, 1.165) is 38.9 Å². The molecule has 0 saturated carbocycles. The van der Waals surface area contributed by atoms with Gasteiger partial charge in [-0.25, -0.2) is 9.18 Å². The number of fused-ring (bicyclic) bond motifs is 2. The average molecular weight is 543 g/mol. The predicted molar refractivity (Wildman–Crippen MR) is 159 cm³/mol. The van der Waals surface area contributed by atoms with Crippen LogP contribution in [0.2, 0.25) is 0 Å². The standard InChI is InChI=1S/C35H27FN2O3/c1-22(24-8-10-27(11-9-24)35(40)41)37-34(39)33-21-29(26-12-14-30(36)15-13-26)20-32-17-16-31(38(32)33)19-23-6-7-25-4-2-3-5-28(25)18-23/h2-18,20-22H,19H2,1H3,(H,37,39)(H,40,41)/t22-/m0/s1. The molecule has 0 aliphatic carbocycles. The van der Waals surface area contributed by atoms with Gasteiger partial charge in [0.15, 0.2) is 0 Å². The number of halogens is 1. The zero-order valence-electron chi connectivity index (χ0n) is 22.3. The molecule has 2 aromatic heterocycles. The Kier molecular flexibility index (Phi) is 6.81. The van der Waals surface area contributed by atoms with Crippen molar-refractivity contribution in [2.75, 3.05) is 0 Å². The van der Waals surface area contributed by atoms with Gasteiger partial charge >= 0.3 is 5.97 Å². The number of pyridine rings is 1. The summed E-state index contributed by atoms with van der Waals surface area (Å²) >= 11 is 0. The lowest BCUT2D eigenvalue weighted by atomic mass is 10.0. The molecule has 0 unspecified atom stereocenters. The van der Waals surface area contributed by atoms with Crippen molar-refractivity contribution in [3.63, 3.8) is 0 Å². The number of benzene rings is 4. The molecule has 202 valence electrons. The Hall–Kier alpha value is -5.23. The molecule has 6 aromatic rings. The minimum atomic E-state index is -1.00. The number of carboxylic acid groups (broad SMARTS) is 1. The average Bonchev–Trinajstić information content (AvgIpc) is 3.39. The summed E-state index contributed by atoms with van der Waals surface area (Å²) in [6, 6.07) is 34.8. The van der Waals surface area contributed by atoms with Crippen LogP contribution in [-0.2, 0) is 6.42 Å². The van der Waals surface area contributed by atoms with Crippen LogP contribution in [0, 0.1) is 5.82 Å². The van der Waals surface area contributed by atoms with Gasteiger partial charge in [0.1, 0.15) is 11.5 Å². The van der Waals surface area contributed by atoms with Gasteiger partial charge in [-0.1, -0.05) is 66.7 Å². The van der Waals surface area contributed by atoms with Crippen molar-refractivity contribution >= 4 is 28.2 Å². The lowest BCUT2D eigenvalue weighted by molar-refractivity contribution is 0.0696.